The molecule has 8 heteroatoms. The number of nitrogens with zero attached hydrogens (tertiary/aromatic N) is 6. The Morgan fingerprint density at radius 3 is 2.90 bits per heavy atom. The summed E-state index contributed by atoms with van der Waals surface area (Å²) in [7, 11) is 0. The molecule has 8 nitrogen and oxygen atoms in total. The van der Waals surface area contributed by atoms with Gasteiger partial charge in [-0.1, -0.05) is 5.21 Å². The minimum atomic E-state index is -0.758. The van der Waals surface area contributed by atoms with E-state index in [0.29, 0.717) is 13.0 Å². The molecule has 2 rings (SSSR count). The van der Waals surface area contributed by atoms with E-state index in [1.54, 1.807) is 11.0 Å². The Bertz CT molecular complexity index is 589. The van der Waals surface area contributed by atoms with Gasteiger partial charge in [0.15, 0.2) is 0 Å². The maximum absolute atomic E-state index is 10.4. The zero-order valence-electron chi connectivity index (χ0n) is 12.3. The minimum absolute atomic E-state index is 0.200. The fraction of sp³-hybridized carbons (Fsp3) is 0.615. The molecule has 2 aromatic heterocycles. The zero-order chi connectivity index (χ0) is 15.2. The molecule has 2 aromatic rings. The third-order valence-electron chi connectivity index (χ3n) is 3.10. The van der Waals surface area contributed by atoms with E-state index in [-0.39, 0.29) is 12.5 Å². The minimum Gasteiger partial charge on any atom is -0.481 e. The third-order valence-corrected chi connectivity index (χ3v) is 3.10. The van der Waals surface area contributed by atoms with Gasteiger partial charge in [0.05, 0.1) is 5.69 Å². The lowest BCUT2D eigenvalue weighted by Gasteiger charge is -2.08. The molecule has 0 amide bonds. The Labute approximate surface area is 122 Å². The van der Waals surface area contributed by atoms with Crippen LogP contribution in [0.3, 0.4) is 0 Å². The second kappa shape index (κ2) is 6.96. The Morgan fingerprint density at radius 2 is 2.19 bits per heavy atom. The van der Waals surface area contributed by atoms with Crippen molar-refractivity contribution >= 4 is 5.97 Å². The molecule has 1 N–H and O–H groups in total. The maximum Gasteiger partial charge on any atom is 0.303 e. The smallest absolute Gasteiger partial charge is 0.303 e. The molecule has 21 heavy (non-hydrogen) atoms. The molecule has 0 radical (unpaired) electrons. The molecule has 0 saturated heterocycles. The first kappa shape index (κ1) is 15.1. The van der Waals surface area contributed by atoms with E-state index in [1.807, 2.05) is 24.7 Å². The van der Waals surface area contributed by atoms with E-state index in [9.17, 15) is 4.79 Å². The topological polar surface area (TPSA) is 98.7 Å². The van der Waals surface area contributed by atoms with Gasteiger partial charge in [0.2, 0.25) is 0 Å². The molecule has 114 valence electrons. The second-order valence-corrected chi connectivity index (χ2v) is 5.22. The van der Waals surface area contributed by atoms with Gasteiger partial charge in [-0.3, -0.25) is 4.79 Å². The van der Waals surface area contributed by atoms with Crippen LogP contribution in [0.15, 0.2) is 12.5 Å². The van der Waals surface area contributed by atoms with Crippen molar-refractivity contribution in [2.75, 3.05) is 0 Å². The standard InChI is InChI=1S/C13H20N6O2/c1-10(2)19-12(14-9-15-19)8-18-7-11(16-17-18)5-3-4-6-13(20)21/h7,9-10H,3-6,8H2,1-2H3,(H,20,21). The van der Waals surface area contributed by atoms with Crippen LogP contribution >= 0.6 is 0 Å². The normalized spacial score (nSPS) is 11.2. The summed E-state index contributed by atoms with van der Waals surface area (Å²) in [5.41, 5.74) is 0.871. The van der Waals surface area contributed by atoms with Crippen molar-refractivity contribution in [3.05, 3.63) is 24.0 Å². The van der Waals surface area contributed by atoms with Gasteiger partial charge in [0, 0.05) is 18.7 Å². The van der Waals surface area contributed by atoms with Crippen molar-refractivity contribution in [2.45, 2.75) is 52.1 Å². The Morgan fingerprint density at radius 1 is 1.38 bits per heavy atom. The highest BCUT2D eigenvalue weighted by atomic mass is 16.4. The average molecular weight is 292 g/mol. The van der Waals surface area contributed by atoms with Crippen LogP contribution in [0.4, 0.5) is 0 Å². The molecular weight excluding hydrogens is 272 g/mol. The number of carbonyl (C=O) groups is 1. The summed E-state index contributed by atoms with van der Waals surface area (Å²) in [5, 5.41) is 20.9. The monoisotopic (exact) mass is 292 g/mol. The van der Waals surface area contributed by atoms with Crippen LogP contribution < -0.4 is 0 Å². The number of aliphatic carboxylic acids is 1. The Balaban J connectivity index is 1.88. The number of unbranched alkanes of at least 4 members (excludes halogenated alkanes) is 1. The van der Waals surface area contributed by atoms with Crippen molar-refractivity contribution in [3.63, 3.8) is 0 Å². The van der Waals surface area contributed by atoms with Crippen molar-refractivity contribution in [3.8, 4) is 0 Å². The van der Waals surface area contributed by atoms with Crippen molar-refractivity contribution in [2.24, 2.45) is 0 Å². The molecule has 0 atom stereocenters. The summed E-state index contributed by atoms with van der Waals surface area (Å²) >= 11 is 0. The zero-order valence-corrected chi connectivity index (χ0v) is 12.3. The highest BCUT2D eigenvalue weighted by molar-refractivity contribution is 5.66. The van der Waals surface area contributed by atoms with E-state index in [4.69, 9.17) is 5.11 Å². The van der Waals surface area contributed by atoms with Crippen LogP contribution in [0.5, 0.6) is 0 Å². The fourth-order valence-corrected chi connectivity index (χ4v) is 2.08. The van der Waals surface area contributed by atoms with E-state index in [0.717, 1.165) is 24.4 Å². The summed E-state index contributed by atoms with van der Waals surface area (Å²) in [6.07, 6.45) is 5.81. The molecule has 0 unspecified atom stereocenters. The lowest BCUT2D eigenvalue weighted by Crippen LogP contribution is -2.12. The first-order valence-corrected chi connectivity index (χ1v) is 7.05. The van der Waals surface area contributed by atoms with E-state index in [1.165, 1.54) is 0 Å². The largest absolute Gasteiger partial charge is 0.481 e. The number of hydrogen-bond donors (Lipinski definition) is 1. The predicted molar refractivity (Wildman–Crippen MR) is 74.7 cm³/mol. The lowest BCUT2D eigenvalue weighted by molar-refractivity contribution is -0.137. The van der Waals surface area contributed by atoms with Crippen LogP contribution in [-0.4, -0.2) is 40.8 Å². The molecule has 0 aliphatic carbocycles. The third kappa shape index (κ3) is 4.37. The van der Waals surface area contributed by atoms with Gasteiger partial charge < -0.3 is 5.11 Å². The Hall–Kier alpha value is -2.25. The first-order chi connectivity index (χ1) is 10.1. The molecule has 0 saturated carbocycles. The van der Waals surface area contributed by atoms with Gasteiger partial charge in [0.1, 0.15) is 18.7 Å². The van der Waals surface area contributed by atoms with Gasteiger partial charge in [-0.15, -0.1) is 5.10 Å². The second-order valence-electron chi connectivity index (χ2n) is 5.22. The molecular formula is C13H20N6O2. The quantitative estimate of drug-likeness (QED) is 0.736. The van der Waals surface area contributed by atoms with Gasteiger partial charge in [-0.2, -0.15) is 5.10 Å². The molecule has 0 fully saturated rings. The fourth-order valence-electron chi connectivity index (χ4n) is 2.08. The van der Waals surface area contributed by atoms with E-state index < -0.39 is 5.97 Å². The van der Waals surface area contributed by atoms with Crippen molar-refractivity contribution in [1.29, 1.82) is 0 Å². The van der Waals surface area contributed by atoms with Crippen LogP contribution in [0.2, 0.25) is 0 Å². The molecule has 2 heterocycles. The molecule has 0 bridgehead atoms. The number of carboxylic acid groups (broad SMARTS) is 1. The average Bonchev–Trinajstić information content (AvgIpc) is 3.04. The van der Waals surface area contributed by atoms with Gasteiger partial charge in [-0.05, 0) is 33.1 Å². The van der Waals surface area contributed by atoms with Gasteiger partial charge in [-0.25, -0.2) is 14.3 Å². The molecule has 0 aliphatic heterocycles. The van der Waals surface area contributed by atoms with Gasteiger partial charge >= 0.3 is 5.97 Å². The summed E-state index contributed by atoms with van der Waals surface area (Å²) in [6, 6.07) is 0.251. The van der Waals surface area contributed by atoms with Crippen LogP contribution in [0.25, 0.3) is 0 Å². The van der Waals surface area contributed by atoms with Crippen LogP contribution in [-0.2, 0) is 17.8 Å². The van der Waals surface area contributed by atoms with Crippen LogP contribution in [0.1, 0.15) is 50.7 Å². The summed E-state index contributed by atoms with van der Waals surface area (Å²) in [5.74, 6) is 0.0824. The predicted octanol–water partition coefficient (Wildman–Crippen LogP) is 1.30. The number of aryl methyl sites for hydroxylation is 1. The summed E-state index contributed by atoms with van der Waals surface area (Å²) < 4.78 is 3.59. The highest BCUT2D eigenvalue weighted by Crippen LogP contribution is 2.08. The van der Waals surface area contributed by atoms with Crippen molar-refractivity contribution < 1.29 is 9.90 Å². The molecule has 0 spiro atoms. The van der Waals surface area contributed by atoms with Crippen molar-refractivity contribution in [1.82, 2.24) is 29.8 Å². The van der Waals surface area contributed by atoms with E-state index in [2.05, 4.69) is 20.4 Å². The maximum atomic E-state index is 10.4. The lowest BCUT2D eigenvalue weighted by atomic mass is 10.1. The molecule has 0 aliphatic rings. The number of carboxylic acids is 1. The first-order valence-electron chi connectivity index (χ1n) is 7.05. The van der Waals surface area contributed by atoms with Crippen LogP contribution in [0, 0.1) is 0 Å². The summed E-state index contributed by atoms with van der Waals surface area (Å²) in [6.45, 7) is 4.63. The number of hydrogen-bond acceptors (Lipinski definition) is 5. The van der Waals surface area contributed by atoms with E-state index >= 15 is 0 Å². The molecule has 0 aromatic carbocycles. The summed E-state index contributed by atoms with van der Waals surface area (Å²) in [4.78, 5) is 14.7. The number of aromatic nitrogens is 6. The SMILES string of the molecule is CC(C)n1ncnc1Cn1cc(CCCCC(=O)O)nn1. The highest BCUT2D eigenvalue weighted by Gasteiger charge is 2.09. The van der Waals surface area contributed by atoms with Gasteiger partial charge in [0.25, 0.3) is 0 Å². The number of rotatable bonds is 8. The Kier molecular flexibility index (Phi) is 5.02.